The zero-order chi connectivity index (χ0) is 11.2. The Kier molecular flexibility index (Phi) is 4.46. The van der Waals surface area contributed by atoms with Gasteiger partial charge in [0.25, 0.3) is 0 Å². The molecule has 1 saturated carbocycles. The van der Waals surface area contributed by atoms with E-state index in [9.17, 15) is 0 Å². The molecule has 0 bridgehead atoms. The van der Waals surface area contributed by atoms with Gasteiger partial charge in [-0.3, -0.25) is 0 Å². The molecular formula is C14H24N2. The van der Waals surface area contributed by atoms with Crippen LogP contribution in [0, 0.1) is 5.92 Å². The molecule has 90 valence electrons. The van der Waals surface area contributed by atoms with Crippen molar-refractivity contribution >= 4 is 0 Å². The Hall–Kier alpha value is -0.760. The van der Waals surface area contributed by atoms with E-state index in [0.717, 1.165) is 12.5 Å². The van der Waals surface area contributed by atoms with Gasteiger partial charge in [0.15, 0.2) is 0 Å². The molecule has 2 N–H and O–H groups in total. The van der Waals surface area contributed by atoms with Crippen molar-refractivity contribution in [3.05, 3.63) is 24.0 Å². The first-order valence-electron chi connectivity index (χ1n) is 6.71. The molecule has 1 atom stereocenters. The van der Waals surface area contributed by atoms with Crippen LogP contribution in [0.1, 0.15) is 51.0 Å². The number of hydrogen-bond donors (Lipinski definition) is 2. The second-order valence-corrected chi connectivity index (χ2v) is 5.14. The average Bonchev–Trinajstić information content (AvgIpc) is 2.66. The quantitative estimate of drug-likeness (QED) is 0.747. The van der Waals surface area contributed by atoms with E-state index in [2.05, 4.69) is 29.5 Å². The fourth-order valence-electron chi connectivity index (χ4n) is 2.72. The molecule has 0 unspecified atom stereocenters. The maximum Gasteiger partial charge on any atom is 0.0223 e. The molecule has 1 aliphatic rings. The molecule has 2 heteroatoms. The summed E-state index contributed by atoms with van der Waals surface area (Å²) in [4.78, 5) is 3.10. The molecule has 1 aromatic heterocycles. The summed E-state index contributed by atoms with van der Waals surface area (Å²) in [5, 5.41) is 3.66. The van der Waals surface area contributed by atoms with Gasteiger partial charge in [-0.1, -0.05) is 25.7 Å². The maximum atomic E-state index is 3.66. The smallest absolute Gasteiger partial charge is 0.0223 e. The molecule has 1 aromatic rings. The van der Waals surface area contributed by atoms with Gasteiger partial charge < -0.3 is 10.3 Å². The molecule has 0 aromatic carbocycles. The van der Waals surface area contributed by atoms with Gasteiger partial charge in [0.2, 0.25) is 0 Å². The highest BCUT2D eigenvalue weighted by Gasteiger charge is 2.18. The van der Waals surface area contributed by atoms with Crippen molar-refractivity contribution in [2.75, 3.05) is 0 Å². The van der Waals surface area contributed by atoms with Gasteiger partial charge in [0.1, 0.15) is 0 Å². The Balaban J connectivity index is 1.75. The number of rotatable bonds is 4. The van der Waals surface area contributed by atoms with Gasteiger partial charge in [0.05, 0.1) is 0 Å². The van der Waals surface area contributed by atoms with Crippen LogP contribution in [0.3, 0.4) is 0 Å². The third-order valence-electron chi connectivity index (χ3n) is 3.90. The average molecular weight is 220 g/mol. The second kappa shape index (κ2) is 6.09. The first kappa shape index (κ1) is 11.7. The van der Waals surface area contributed by atoms with Gasteiger partial charge in [-0.05, 0) is 37.3 Å². The number of aromatic amines is 1. The minimum Gasteiger partial charge on any atom is -0.367 e. The second-order valence-electron chi connectivity index (χ2n) is 5.14. The lowest BCUT2D eigenvalue weighted by atomic mass is 9.93. The van der Waals surface area contributed by atoms with E-state index in [4.69, 9.17) is 0 Å². The van der Waals surface area contributed by atoms with E-state index in [0.29, 0.717) is 6.04 Å². The lowest BCUT2D eigenvalue weighted by molar-refractivity contribution is 0.337. The molecule has 0 saturated heterocycles. The van der Waals surface area contributed by atoms with Crippen LogP contribution in [-0.4, -0.2) is 11.0 Å². The van der Waals surface area contributed by atoms with E-state index in [1.165, 1.54) is 44.1 Å². The van der Waals surface area contributed by atoms with Gasteiger partial charge in [-0.25, -0.2) is 0 Å². The first-order valence-corrected chi connectivity index (χ1v) is 6.71. The van der Waals surface area contributed by atoms with Gasteiger partial charge in [-0.15, -0.1) is 0 Å². The zero-order valence-electron chi connectivity index (χ0n) is 10.3. The lowest BCUT2D eigenvalue weighted by Crippen LogP contribution is -2.32. The SMILES string of the molecule is C[C@H](NCc1cc[nH]c1)C1CCCCCC1. The molecule has 16 heavy (non-hydrogen) atoms. The highest BCUT2D eigenvalue weighted by atomic mass is 14.9. The summed E-state index contributed by atoms with van der Waals surface area (Å²) in [5.41, 5.74) is 1.36. The molecule has 1 heterocycles. The molecule has 0 amide bonds. The van der Waals surface area contributed by atoms with Crippen LogP contribution < -0.4 is 5.32 Å². The third kappa shape index (κ3) is 3.38. The number of hydrogen-bond acceptors (Lipinski definition) is 1. The third-order valence-corrected chi connectivity index (χ3v) is 3.90. The van der Waals surface area contributed by atoms with Crippen LogP contribution >= 0.6 is 0 Å². The van der Waals surface area contributed by atoms with E-state index in [1.54, 1.807) is 0 Å². The van der Waals surface area contributed by atoms with Crippen LogP contribution in [-0.2, 0) is 6.54 Å². The molecule has 2 rings (SSSR count). The molecule has 1 aliphatic carbocycles. The van der Waals surface area contributed by atoms with Crippen molar-refractivity contribution in [3.63, 3.8) is 0 Å². The largest absolute Gasteiger partial charge is 0.367 e. The summed E-state index contributed by atoms with van der Waals surface area (Å²) in [7, 11) is 0. The molecule has 0 radical (unpaired) electrons. The van der Waals surface area contributed by atoms with Gasteiger partial charge >= 0.3 is 0 Å². The topological polar surface area (TPSA) is 27.8 Å². The summed E-state index contributed by atoms with van der Waals surface area (Å²) in [6.07, 6.45) is 12.7. The Bertz CT molecular complexity index is 271. The summed E-state index contributed by atoms with van der Waals surface area (Å²) in [6, 6.07) is 2.81. The predicted molar refractivity (Wildman–Crippen MR) is 68.3 cm³/mol. The normalized spacial score (nSPS) is 20.6. The van der Waals surface area contributed by atoms with Crippen molar-refractivity contribution in [2.45, 2.75) is 58.0 Å². The lowest BCUT2D eigenvalue weighted by Gasteiger charge is -2.23. The van der Waals surface area contributed by atoms with Crippen molar-refractivity contribution in [1.82, 2.24) is 10.3 Å². The Morgan fingerprint density at radius 1 is 1.31 bits per heavy atom. The van der Waals surface area contributed by atoms with Crippen molar-refractivity contribution in [2.24, 2.45) is 5.92 Å². The van der Waals surface area contributed by atoms with Crippen molar-refractivity contribution in [1.29, 1.82) is 0 Å². The predicted octanol–water partition coefficient (Wildman–Crippen LogP) is 3.46. The molecule has 1 fully saturated rings. The fraction of sp³-hybridized carbons (Fsp3) is 0.714. The van der Waals surface area contributed by atoms with Gasteiger partial charge in [-0.2, -0.15) is 0 Å². The Labute approximate surface area is 98.8 Å². The molecular weight excluding hydrogens is 196 g/mol. The van der Waals surface area contributed by atoms with Crippen LogP contribution in [0.15, 0.2) is 18.5 Å². The first-order chi connectivity index (χ1) is 7.86. The molecule has 0 spiro atoms. The number of aromatic nitrogens is 1. The van der Waals surface area contributed by atoms with Crippen LogP contribution in [0.25, 0.3) is 0 Å². The maximum absolute atomic E-state index is 3.66. The van der Waals surface area contributed by atoms with Crippen LogP contribution in [0.4, 0.5) is 0 Å². The minimum atomic E-state index is 0.660. The summed E-state index contributed by atoms with van der Waals surface area (Å²) in [5.74, 6) is 0.890. The fourth-order valence-corrected chi connectivity index (χ4v) is 2.72. The van der Waals surface area contributed by atoms with E-state index in [-0.39, 0.29) is 0 Å². The van der Waals surface area contributed by atoms with Crippen molar-refractivity contribution < 1.29 is 0 Å². The monoisotopic (exact) mass is 220 g/mol. The highest BCUT2D eigenvalue weighted by molar-refractivity contribution is 5.07. The highest BCUT2D eigenvalue weighted by Crippen LogP contribution is 2.25. The van der Waals surface area contributed by atoms with Crippen molar-refractivity contribution in [3.8, 4) is 0 Å². The van der Waals surface area contributed by atoms with E-state index < -0.39 is 0 Å². The van der Waals surface area contributed by atoms with Crippen LogP contribution in [0.2, 0.25) is 0 Å². The minimum absolute atomic E-state index is 0.660. The van der Waals surface area contributed by atoms with E-state index in [1.807, 2.05) is 6.20 Å². The summed E-state index contributed by atoms with van der Waals surface area (Å²) in [6.45, 7) is 3.35. The zero-order valence-corrected chi connectivity index (χ0v) is 10.3. The van der Waals surface area contributed by atoms with E-state index >= 15 is 0 Å². The standard InChI is InChI=1S/C14H24N2/c1-12(14-6-4-2-3-5-7-14)16-11-13-8-9-15-10-13/h8-10,12,14-16H,2-7,11H2,1H3/t12-/m0/s1. The Morgan fingerprint density at radius 2 is 2.06 bits per heavy atom. The summed E-state index contributed by atoms with van der Waals surface area (Å²) >= 11 is 0. The summed E-state index contributed by atoms with van der Waals surface area (Å²) < 4.78 is 0. The number of nitrogens with one attached hydrogen (secondary N) is 2. The van der Waals surface area contributed by atoms with Gasteiger partial charge in [0, 0.05) is 25.0 Å². The molecule has 0 aliphatic heterocycles. The van der Waals surface area contributed by atoms with Crippen LogP contribution in [0.5, 0.6) is 0 Å². The Morgan fingerprint density at radius 3 is 2.69 bits per heavy atom. The molecule has 2 nitrogen and oxygen atoms in total. The number of H-pyrrole nitrogens is 1.